The normalized spacial score (nSPS) is 20.8. The van der Waals surface area contributed by atoms with Crippen molar-refractivity contribution >= 4 is 15.9 Å². The lowest BCUT2D eigenvalue weighted by molar-refractivity contribution is 0.160. The number of phenols is 1. The van der Waals surface area contributed by atoms with E-state index in [0.717, 1.165) is 36.6 Å². The summed E-state index contributed by atoms with van der Waals surface area (Å²) in [4.78, 5) is 2.57. The number of benzene rings is 1. The number of aromatic hydroxyl groups is 1. The highest BCUT2D eigenvalue weighted by Gasteiger charge is 2.31. The summed E-state index contributed by atoms with van der Waals surface area (Å²) in [5.74, 6) is 1.65. The van der Waals surface area contributed by atoms with Gasteiger partial charge in [-0.15, -0.1) is 0 Å². The maximum atomic E-state index is 10.1. The lowest BCUT2D eigenvalue weighted by Crippen LogP contribution is -2.45. The highest BCUT2D eigenvalue weighted by atomic mass is 79.9. The molecule has 0 aromatic heterocycles. The quantitative estimate of drug-likeness (QED) is 0.808. The van der Waals surface area contributed by atoms with Crippen molar-refractivity contribution in [1.29, 1.82) is 0 Å². The molecule has 1 heterocycles. The van der Waals surface area contributed by atoms with E-state index in [2.05, 4.69) is 32.2 Å². The lowest BCUT2D eigenvalue weighted by atomic mass is 9.98. The Hall–Kier alpha value is -0.780. The van der Waals surface area contributed by atoms with E-state index in [1.54, 1.807) is 0 Å². The molecule has 0 bridgehead atoms. The second-order valence-corrected chi connectivity index (χ2v) is 7.12. The van der Waals surface area contributed by atoms with Crippen LogP contribution in [0.15, 0.2) is 16.6 Å². The molecule has 5 heteroatoms. The Balaban J connectivity index is 1.88. The standard InChI is InChI=1S/C17H25BrN2O2/c1-2-22-16-11-13(10-14(18)17(16)21)15(9-12-3-4-12)20-7-5-19-6-8-20/h10-12,15,19,21H,2-9H2,1H3/t15-/m0/s1. The van der Waals surface area contributed by atoms with Crippen LogP contribution in [0.4, 0.5) is 0 Å². The molecule has 1 saturated heterocycles. The van der Waals surface area contributed by atoms with Crippen molar-refractivity contribution in [1.82, 2.24) is 10.2 Å². The van der Waals surface area contributed by atoms with Crippen LogP contribution in [0.25, 0.3) is 0 Å². The van der Waals surface area contributed by atoms with Crippen LogP contribution in [0.2, 0.25) is 0 Å². The van der Waals surface area contributed by atoms with Gasteiger partial charge in [-0.3, -0.25) is 4.90 Å². The van der Waals surface area contributed by atoms with Crippen LogP contribution in [0, 0.1) is 5.92 Å². The van der Waals surface area contributed by atoms with Gasteiger partial charge in [0, 0.05) is 32.2 Å². The molecule has 2 fully saturated rings. The van der Waals surface area contributed by atoms with Crippen molar-refractivity contribution < 1.29 is 9.84 Å². The van der Waals surface area contributed by atoms with E-state index in [1.807, 2.05) is 13.0 Å². The van der Waals surface area contributed by atoms with Crippen LogP contribution in [0.5, 0.6) is 11.5 Å². The van der Waals surface area contributed by atoms with E-state index in [1.165, 1.54) is 24.8 Å². The monoisotopic (exact) mass is 368 g/mol. The zero-order valence-electron chi connectivity index (χ0n) is 13.1. The summed E-state index contributed by atoms with van der Waals surface area (Å²) in [6.07, 6.45) is 3.93. The SMILES string of the molecule is CCOc1cc([C@H](CC2CC2)N2CCNCC2)cc(Br)c1O. The molecule has 1 aliphatic heterocycles. The molecule has 2 N–H and O–H groups in total. The van der Waals surface area contributed by atoms with Crippen LogP contribution in [0.1, 0.15) is 37.8 Å². The van der Waals surface area contributed by atoms with Gasteiger partial charge in [-0.05, 0) is 52.9 Å². The van der Waals surface area contributed by atoms with Crippen molar-refractivity contribution in [2.45, 2.75) is 32.2 Å². The Morgan fingerprint density at radius 1 is 1.36 bits per heavy atom. The molecule has 2 aliphatic rings. The Bertz CT molecular complexity index is 514. The largest absolute Gasteiger partial charge is 0.503 e. The van der Waals surface area contributed by atoms with Gasteiger partial charge in [0.25, 0.3) is 0 Å². The second kappa shape index (κ2) is 7.20. The highest BCUT2D eigenvalue weighted by Crippen LogP contribution is 2.43. The van der Waals surface area contributed by atoms with Gasteiger partial charge < -0.3 is 15.2 Å². The number of hydrogen-bond donors (Lipinski definition) is 2. The fourth-order valence-corrected chi connectivity index (χ4v) is 3.67. The van der Waals surface area contributed by atoms with Crippen molar-refractivity contribution in [3.05, 3.63) is 22.2 Å². The zero-order chi connectivity index (χ0) is 15.5. The Kier molecular flexibility index (Phi) is 5.26. The zero-order valence-corrected chi connectivity index (χ0v) is 14.7. The summed E-state index contributed by atoms with van der Waals surface area (Å²) in [6.45, 7) is 6.78. The van der Waals surface area contributed by atoms with Gasteiger partial charge in [0.2, 0.25) is 0 Å². The van der Waals surface area contributed by atoms with Crippen molar-refractivity contribution in [3.8, 4) is 11.5 Å². The average Bonchev–Trinajstić information content (AvgIpc) is 3.34. The second-order valence-electron chi connectivity index (χ2n) is 6.26. The predicted molar refractivity (Wildman–Crippen MR) is 91.5 cm³/mol. The average molecular weight is 369 g/mol. The molecule has 0 radical (unpaired) electrons. The van der Waals surface area contributed by atoms with E-state index in [-0.39, 0.29) is 5.75 Å². The van der Waals surface area contributed by atoms with E-state index < -0.39 is 0 Å². The van der Waals surface area contributed by atoms with Gasteiger partial charge in [-0.2, -0.15) is 0 Å². The first-order valence-corrected chi connectivity index (χ1v) is 9.08. The fourth-order valence-electron chi connectivity index (χ4n) is 3.21. The number of piperazine rings is 1. The van der Waals surface area contributed by atoms with Gasteiger partial charge in [0.15, 0.2) is 11.5 Å². The van der Waals surface area contributed by atoms with Crippen LogP contribution < -0.4 is 10.1 Å². The van der Waals surface area contributed by atoms with Gasteiger partial charge in [0.05, 0.1) is 11.1 Å². The first kappa shape index (κ1) is 16.1. The fraction of sp³-hybridized carbons (Fsp3) is 0.647. The third-order valence-electron chi connectivity index (χ3n) is 4.58. The van der Waals surface area contributed by atoms with E-state index in [0.29, 0.717) is 18.4 Å². The topological polar surface area (TPSA) is 44.7 Å². The molecule has 22 heavy (non-hydrogen) atoms. The maximum absolute atomic E-state index is 10.1. The number of nitrogens with zero attached hydrogens (tertiary/aromatic N) is 1. The number of rotatable bonds is 6. The number of ether oxygens (including phenoxy) is 1. The summed E-state index contributed by atoms with van der Waals surface area (Å²) in [6, 6.07) is 4.51. The molecular formula is C17H25BrN2O2. The summed E-state index contributed by atoms with van der Waals surface area (Å²) >= 11 is 3.48. The molecule has 1 atom stereocenters. The maximum Gasteiger partial charge on any atom is 0.172 e. The predicted octanol–water partition coefficient (Wildman–Crippen LogP) is 3.30. The van der Waals surface area contributed by atoms with Gasteiger partial charge in [-0.1, -0.05) is 12.8 Å². The summed E-state index contributed by atoms with van der Waals surface area (Å²) in [5.41, 5.74) is 1.25. The Labute approximate surface area is 141 Å². The first-order chi connectivity index (χ1) is 10.7. The van der Waals surface area contributed by atoms with Crippen LogP contribution >= 0.6 is 15.9 Å². The molecule has 1 saturated carbocycles. The number of nitrogens with one attached hydrogen (secondary N) is 1. The molecule has 1 aromatic carbocycles. The molecule has 4 nitrogen and oxygen atoms in total. The Morgan fingerprint density at radius 3 is 2.73 bits per heavy atom. The van der Waals surface area contributed by atoms with Gasteiger partial charge in [-0.25, -0.2) is 0 Å². The van der Waals surface area contributed by atoms with Crippen molar-refractivity contribution in [2.24, 2.45) is 5.92 Å². The molecule has 122 valence electrons. The van der Waals surface area contributed by atoms with Crippen LogP contribution in [-0.4, -0.2) is 42.8 Å². The van der Waals surface area contributed by atoms with Gasteiger partial charge in [0.1, 0.15) is 0 Å². The van der Waals surface area contributed by atoms with Gasteiger partial charge >= 0.3 is 0 Å². The molecule has 0 spiro atoms. The smallest absolute Gasteiger partial charge is 0.172 e. The van der Waals surface area contributed by atoms with Crippen molar-refractivity contribution in [2.75, 3.05) is 32.8 Å². The summed E-state index contributed by atoms with van der Waals surface area (Å²) in [5, 5.41) is 13.6. The van der Waals surface area contributed by atoms with Crippen molar-refractivity contribution in [3.63, 3.8) is 0 Å². The molecule has 0 amide bonds. The van der Waals surface area contributed by atoms with E-state index in [4.69, 9.17) is 4.74 Å². The van der Waals surface area contributed by atoms with E-state index >= 15 is 0 Å². The lowest BCUT2D eigenvalue weighted by Gasteiger charge is -2.35. The highest BCUT2D eigenvalue weighted by molar-refractivity contribution is 9.10. The summed E-state index contributed by atoms with van der Waals surface area (Å²) in [7, 11) is 0. The number of hydrogen-bond acceptors (Lipinski definition) is 4. The third-order valence-corrected chi connectivity index (χ3v) is 5.19. The molecule has 1 aliphatic carbocycles. The third kappa shape index (κ3) is 3.76. The summed E-state index contributed by atoms with van der Waals surface area (Å²) < 4.78 is 6.33. The molecular weight excluding hydrogens is 344 g/mol. The number of phenolic OH excluding ortho intramolecular Hbond substituents is 1. The minimum atomic E-state index is 0.205. The molecule has 1 aromatic rings. The molecule has 3 rings (SSSR count). The van der Waals surface area contributed by atoms with Crippen LogP contribution in [-0.2, 0) is 0 Å². The number of halogens is 1. The first-order valence-electron chi connectivity index (χ1n) is 8.29. The minimum absolute atomic E-state index is 0.205. The van der Waals surface area contributed by atoms with Crippen LogP contribution in [0.3, 0.4) is 0 Å². The minimum Gasteiger partial charge on any atom is -0.503 e. The molecule has 0 unspecified atom stereocenters. The van der Waals surface area contributed by atoms with E-state index in [9.17, 15) is 5.11 Å². The Morgan fingerprint density at radius 2 is 2.09 bits per heavy atom.